The zero-order valence-corrected chi connectivity index (χ0v) is 9.00. The fraction of sp³-hybridized carbons (Fsp3) is 0.455. The quantitative estimate of drug-likeness (QED) is 0.761. The molecule has 3 nitrogen and oxygen atoms in total. The Morgan fingerprint density at radius 2 is 1.79 bits per heavy atom. The molecular weight excluding hydrogens is 176 g/mol. The maximum atomic E-state index is 5.86. The number of nitrogens with two attached hydrogens (primary N) is 2. The third-order valence-corrected chi connectivity index (χ3v) is 2.37. The van der Waals surface area contributed by atoms with Crippen molar-refractivity contribution in [2.75, 3.05) is 13.7 Å². The maximum Gasteiger partial charge on any atom is 0.124 e. The van der Waals surface area contributed by atoms with Gasteiger partial charge in [-0.25, -0.2) is 0 Å². The van der Waals surface area contributed by atoms with Crippen LogP contribution in [-0.2, 0) is 0 Å². The van der Waals surface area contributed by atoms with Gasteiger partial charge in [-0.1, -0.05) is 12.1 Å². The number of hydrogen-bond donors (Lipinski definition) is 2. The van der Waals surface area contributed by atoms with Crippen LogP contribution in [0.3, 0.4) is 0 Å². The molecule has 0 aliphatic carbocycles. The molecule has 1 aromatic rings. The van der Waals surface area contributed by atoms with Crippen molar-refractivity contribution in [3.8, 4) is 5.75 Å². The summed E-state index contributed by atoms with van der Waals surface area (Å²) < 4.78 is 5.27. The Bertz CT molecular complexity index is 300. The van der Waals surface area contributed by atoms with Crippen LogP contribution in [0.15, 0.2) is 12.1 Å². The SMILES string of the molecule is COc1c(C)cc([C@H](N)CN)cc1C. The van der Waals surface area contributed by atoms with Gasteiger partial charge in [-0.05, 0) is 30.5 Å². The smallest absolute Gasteiger partial charge is 0.124 e. The maximum absolute atomic E-state index is 5.86. The van der Waals surface area contributed by atoms with Gasteiger partial charge in [-0.3, -0.25) is 0 Å². The van der Waals surface area contributed by atoms with E-state index in [-0.39, 0.29) is 6.04 Å². The Labute approximate surface area is 85.0 Å². The van der Waals surface area contributed by atoms with E-state index in [4.69, 9.17) is 16.2 Å². The Morgan fingerprint density at radius 1 is 1.29 bits per heavy atom. The number of hydrogen-bond acceptors (Lipinski definition) is 3. The predicted molar refractivity (Wildman–Crippen MR) is 58.5 cm³/mol. The van der Waals surface area contributed by atoms with Crippen molar-refractivity contribution < 1.29 is 4.74 Å². The summed E-state index contributed by atoms with van der Waals surface area (Å²) in [6.07, 6.45) is 0. The monoisotopic (exact) mass is 194 g/mol. The first kappa shape index (κ1) is 11.0. The van der Waals surface area contributed by atoms with Crippen LogP contribution in [-0.4, -0.2) is 13.7 Å². The largest absolute Gasteiger partial charge is 0.496 e. The second-order valence-electron chi connectivity index (χ2n) is 3.53. The van der Waals surface area contributed by atoms with Gasteiger partial charge in [0.1, 0.15) is 5.75 Å². The van der Waals surface area contributed by atoms with Gasteiger partial charge in [0.15, 0.2) is 0 Å². The lowest BCUT2D eigenvalue weighted by Gasteiger charge is -2.14. The molecule has 1 rings (SSSR count). The number of ether oxygens (including phenoxy) is 1. The third kappa shape index (κ3) is 2.05. The van der Waals surface area contributed by atoms with E-state index in [2.05, 4.69) is 0 Å². The molecule has 0 aromatic heterocycles. The highest BCUT2D eigenvalue weighted by atomic mass is 16.5. The minimum absolute atomic E-state index is 0.0849. The van der Waals surface area contributed by atoms with Crippen molar-refractivity contribution >= 4 is 0 Å². The van der Waals surface area contributed by atoms with Crippen molar-refractivity contribution in [3.63, 3.8) is 0 Å². The number of aryl methyl sites for hydroxylation is 2. The first-order valence-corrected chi connectivity index (χ1v) is 4.71. The first-order chi connectivity index (χ1) is 6.60. The Morgan fingerprint density at radius 3 is 2.14 bits per heavy atom. The predicted octanol–water partition coefficient (Wildman–Crippen LogP) is 1.27. The summed E-state index contributed by atoms with van der Waals surface area (Å²) in [6.45, 7) is 4.49. The highest BCUT2D eigenvalue weighted by molar-refractivity contribution is 5.44. The number of benzene rings is 1. The van der Waals surface area contributed by atoms with Gasteiger partial charge in [-0.15, -0.1) is 0 Å². The molecule has 78 valence electrons. The lowest BCUT2D eigenvalue weighted by molar-refractivity contribution is 0.408. The number of rotatable bonds is 3. The van der Waals surface area contributed by atoms with E-state index in [1.165, 1.54) is 0 Å². The summed E-state index contributed by atoms with van der Waals surface area (Å²) >= 11 is 0. The van der Waals surface area contributed by atoms with Gasteiger partial charge in [0.25, 0.3) is 0 Å². The molecule has 0 saturated heterocycles. The molecule has 1 aromatic carbocycles. The van der Waals surface area contributed by atoms with Gasteiger partial charge < -0.3 is 16.2 Å². The van der Waals surface area contributed by atoms with Crippen molar-refractivity contribution in [2.45, 2.75) is 19.9 Å². The molecule has 0 fully saturated rings. The summed E-state index contributed by atoms with van der Waals surface area (Å²) in [4.78, 5) is 0. The van der Waals surface area contributed by atoms with Crippen LogP contribution in [0.25, 0.3) is 0 Å². The highest BCUT2D eigenvalue weighted by Crippen LogP contribution is 2.26. The van der Waals surface area contributed by atoms with E-state index in [9.17, 15) is 0 Å². The minimum atomic E-state index is -0.0849. The molecule has 0 heterocycles. The van der Waals surface area contributed by atoms with E-state index in [0.717, 1.165) is 22.4 Å². The standard InChI is InChI=1S/C11H18N2O/c1-7-4-9(10(13)6-12)5-8(2)11(7)14-3/h4-5,10H,6,12-13H2,1-3H3/t10-/m1/s1. The van der Waals surface area contributed by atoms with Crippen LogP contribution in [0.1, 0.15) is 22.7 Å². The lowest BCUT2D eigenvalue weighted by Crippen LogP contribution is -2.21. The Hall–Kier alpha value is -1.06. The molecule has 0 bridgehead atoms. The van der Waals surface area contributed by atoms with E-state index in [0.29, 0.717) is 6.54 Å². The third-order valence-electron chi connectivity index (χ3n) is 2.37. The summed E-state index contributed by atoms with van der Waals surface area (Å²) in [6, 6.07) is 3.98. The number of methoxy groups -OCH3 is 1. The molecule has 0 spiro atoms. The molecule has 0 amide bonds. The molecular formula is C11H18N2O. The summed E-state index contributed by atoms with van der Waals surface area (Å²) in [5, 5.41) is 0. The van der Waals surface area contributed by atoms with Crippen LogP contribution in [0.2, 0.25) is 0 Å². The summed E-state index contributed by atoms with van der Waals surface area (Å²) in [5.74, 6) is 0.929. The molecule has 0 unspecified atom stereocenters. The average molecular weight is 194 g/mol. The summed E-state index contributed by atoms with van der Waals surface area (Å²) in [5.41, 5.74) is 14.7. The minimum Gasteiger partial charge on any atom is -0.496 e. The zero-order valence-electron chi connectivity index (χ0n) is 9.00. The van der Waals surface area contributed by atoms with Gasteiger partial charge in [-0.2, -0.15) is 0 Å². The van der Waals surface area contributed by atoms with Crippen molar-refractivity contribution in [1.29, 1.82) is 0 Å². The molecule has 3 heteroatoms. The second kappa shape index (κ2) is 4.44. The van der Waals surface area contributed by atoms with Crippen molar-refractivity contribution in [2.24, 2.45) is 11.5 Å². The van der Waals surface area contributed by atoms with Gasteiger partial charge in [0.05, 0.1) is 7.11 Å². The molecule has 0 aliphatic rings. The van der Waals surface area contributed by atoms with E-state index in [1.807, 2.05) is 26.0 Å². The average Bonchev–Trinajstić information content (AvgIpc) is 2.16. The Balaban J connectivity index is 3.13. The second-order valence-corrected chi connectivity index (χ2v) is 3.53. The van der Waals surface area contributed by atoms with E-state index >= 15 is 0 Å². The van der Waals surface area contributed by atoms with Crippen LogP contribution in [0.5, 0.6) is 5.75 Å². The van der Waals surface area contributed by atoms with Crippen LogP contribution in [0, 0.1) is 13.8 Å². The fourth-order valence-corrected chi connectivity index (χ4v) is 1.66. The Kier molecular flexibility index (Phi) is 3.49. The summed E-state index contributed by atoms with van der Waals surface area (Å²) in [7, 11) is 1.68. The molecule has 0 saturated carbocycles. The van der Waals surface area contributed by atoms with Crippen molar-refractivity contribution in [1.82, 2.24) is 0 Å². The molecule has 4 N–H and O–H groups in total. The molecule has 0 radical (unpaired) electrons. The molecule has 1 atom stereocenters. The topological polar surface area (TPSA) is 61.3 Å². The van der Waals surface area contributed by atoms with E-state index < -0.39 is 0 Å². The molecule has 14 heavy (non-hydrogen) atoms. The van der Waals surface area contributed by atoms with Crippen molar-refractivity contribution in [3.05, 3.63) is 28.8 Å². The highest BCUT2D eigenvalue weighted by Gasteiger charge is 2.09. The van der Waals surface area contributed by atoms with Gasteiger partial charge in [0, 0.05) is 12.6 Å². The molecule has 0 aliphatic heterocycles. The zero-order chi connectivity index (χ0) is 10.7. The lowest BCUT2D eigenvalue weighted by atomic mass is 10.0. The van der Waals surface area contributed by atoms with Crippen LogP contribution in [0.4, 0.5) is 0 Å². The van der Waals surface area contributed by atoms with Crippen LogP contribution < -0.4 is 16.2 Å². The van der Waals surface area contributed by atoms with E-state index in [1.54, 1.807) is 7.11 Å². The van der Waals surface area contributed by atoms with Crippen LogP contribution >= 0.6 is 0 Å². The normalized spacial score (nSPS) is 12.6. The first-order valence-electron chi connectivity index (χ1n) is 4.71. The fourth-order valence-electron chi connectivity index (χ4n) is 1.66. The van der Waals surface area contributed by atoms with Gasteiger partial charge >= 0.3 is 0 Å². The van der Waals surface area contributed by atoms with Gasteiger partial charge in [0.2, 0.25) is 0 Å².